The predicted octanol–water partition coefficient (Wildman–Crippen LogP) is 2.19. The molecule has 1 amide bonds. The van der Waals surface area contributed by atoms with Gasteiger partial charge in [0, 0.05) is 37.6 Å². The van der Waals surface area contributed by atoms with Crippen molar-refractivity contribution in [1.82, 2.24) is 29.6 Å². The third kappa shape index (κ3) is 3.33. The van der Waals surface area contributed by atoms with Gasteiger partial charge in [0.15, 0.2) is 0 Å². The van der Waals surface area contributed by atoms with E-state index in [0.29, 0.717) is 36.9 Å². The number of hydrogen-bond acceptors (Lipinski definition) is 6. The smallest absolute Gasteiger partial charge is 0.258 e. The highest BCUT2D eigenvalue weighted by Gasteiger charge is 2.71. The molecule has 1 N–H and O–H groups in total. The molecule has 3 aromatic heterocycles. The quantitative estimate of drug-likeness (QED) is 0.595. The largest absolute Gasteiger partial charge is 0.481 e. The van der Waals surface area contributed by atoms with Crippen LogP contribution >= 0.6 is 0 Å². The van der Waals surface area contributed by atoms with E-state index in [2.05, 4.69) is 20.4 Å². The molecule has 3 aromatic rings. The Balaban J connectivity index is 1.12. The molecule has 2 aliphatic carbocycles. The summed E-state index contributed by atoms with van der Waals surface area (Å²) in [6.45, 7) is 0.985. The number of aryl methyl sites for hydroxylation is 1. The van der Waals surface area contributed by atoms with Gasteiger partial charge < -0.3 is 19.5 Å². The number of alkyl halides is 2. The fourth-order valence-electron chi connectivity index (χ4n) is 5.24. The summed E-state index contributed by atoms with van der Waals surface area (Å²) < 4.78 is 36.1. The summed E-state index contributed by atoms with van der Waals surface area (Å²) in [5.74, 6) is -2.80. The number of pyridine rings is 1. The molecular weight excluding hydrogens is 444 g/mol. The highest BCUT2D eigenvalue weighted by molar-refractivity contribution is 5.94. The number of nitrogens with zero attached hydrogens (tertiary/aromatic N) is 6. The number of rotatable bonds is 6. The van der Waals surface area contributed by atoms with Crippen molar-refractivity contribution in [2.24, 2.45) is 18.9 Å². The van der Waals surface area contributed by atoms with Gasteiger partial charge in [-0.3, -0.25) is 9.48 Å². The van der Waals surface area contributed by atoms with Crippen LogP contribution in [0.5, 0.6) is 5.88 Å². The molecular formula is C23H25F2N7O2. The zero-order valence-electron chi connectivity index (χ0n) is 18.9. The van der Waals surface area contributed by atoms with Gasteiger partial charge in [0.2, 0.25) is 5.88 Å². The third-order valence-corrected chi connectivity index (χ3v) is 7.27. The maximum absolute atomic E-state index is 13.5. The summed E-state index contributed by atoms with van der Waals surface area (Å²) in [6.07, 6.45) is 6.72. The average Bonchev–Trinajstić information content (AvgIpc) is 3.46. The van der Waals surface area contributed by atoms with Crippen molar-refractivity contribution in [3.05, 3.63) is 53.4 Å². The van der Waals surface area contributed by atoms with Crippen molar-refractivity contribution < 1.29 is 18.3 Å². The lowest BCUT2D eigenvalue weighted by atomic mass is 10.2. The number of ether oxygens (including phenoxy) is 1. The third-order valence-electron chi connectivity index (χ3n) is 7.27. The van der Waals surface area contributed by atoms with E-state index in [1.807, 2.05) is 28.6 Å². The predicted molar refractivity (Wildman–Crippen MR) is 118 cm³/mol. The van der Waals surface area contributed by atoms with Crippen molar-refractivity contribution in [1.29, 1.82) is 0 Å². The summed E-state index contributed by atoms with van der Waals surface area (Å²) in [7, 11) is 3.49. The van der Waals surface area contributed by atoms with Gasteiger partial charge in [-0.25, -0.2) is 13.8 Å². The monoisotopic (exact) mass is 469 g/mol. The van der Waals surface area contributed by atoms with Crippen LogP contribution in [0.25, 0.3) is 0 Å². The Morgan fingerprint density at radius 3 is 2.85 bits per heavy atom. The summed E-state index contributed by atoms with van der Waals surface area (Å²) in [5, 5.41) is 7.37. The number of hydrogen-bond donors (Lipinski definition) is 1. The molecule has 34 heavy (non-hydrogen) atoms. The molecule has 0 spiro atoms. The number of carbonyl (C=O) groups excluding carboxylic acids is 1. The first kappa shape index (κ1) is 21.1. The second-order valence-corrected chi connectivity index (χ2v) is 9.31. The van der Waals surface area contributed by atoms with Crippen molar-refractivity contribution in [2.45, 2.75) is 31.4 Å². The van der Waals surface area contributed by atoms with Gasteiger partial charge in [0.1, 0.15) is 5.82 Å². The van der Waals surface area contributed by atoms with E-state index in [1.54, 1.807) is 17.2 Å². The lowest BCUT2D eigenvalue weighted by Gasteiger charge is -2.22. The first-order chi connectivity index (χ1) is 16.3. The molecule has 178 valence electrons. The van der Waals surface area contributed by atoms with E-state index in [-0.39, 0.29) is 11.9 Å². The van der Waals surface area contributed by atoms with Gasteiger partial charge in [0.05, 0.1) is 55.3 Å². The Hall–Kier alpha value is -3.50. The summed E-state index contributed by atoms with van der Waals surface area (Å²) >= 11 is 0. The van der Waals surface area contributed by atoms with Gasteiger partial charge >= 0.3 is 0 Å². The normalized spacial score (nSPS) is 24.1. The van der Waals surface area contributed by atoms with Crippen LogP contribution < -0.4 is 15.0 Å². The molecule has 6 rings (SSSR count). The highest BCUT2D eigenvalue weighted by atomic mass is 19.3. The van der Waals surface area contributed by atoms with Crippen molar-refractivity contribution in [3.63, 3.8) is 0 Å². The molecule has 11 heteroatoms. The van der Waals surface area contributed by atoms with Crippen LogP contribution in [0, 0.1) is 11.8 Å². The maximum atomic E-state index is 13.5. The number of methoxy groups -OCH3 is 1. The van der Waals surface area contributed by atoms with E-state index in [0.717, 1.165) is 29.8 Å². The number of carbonyl (C=O) groups is 1. The standard InChI is InChI=1S/C23H25F2N7O2/c1-30-12-26-20-17(4-5-18(20)30)28-21(33)14-7-27-32(9-14)8-13-3-6-19(29-22(13)34-2)31-10-15-16(11-31)23(15,24)25/h3,6-7,9,12,15-17H,4-5,8,10-11H2,1-2H3,(H,28,33)/t15?,16?,17-/m1/s1. The van der Waals surface area contributed by atoms with Crippen LogP contribution in [-0.2, 0) is 20.0 Å². The van der Waals surface area contributed by atoms with Gasteiger partial charge in [0.25, 0.3) is 11.8 Å². The lowest BCUT2D eigenvalue weighted by Crippen LogP contribution is -2.28. The molecule has 9 nitrogen and oxygen atoms in total. The number of anilines is 1. The van der Waals surface area contributed by atoms with E-state index >= 15 is 0 Å². The molecule has 2 fully saturated rings. The maximum Gasteiger partial charge on any atom is 0.258 e. The number of nitrogens with one attached hydrogen (secondary N) is 1. The second-order valence-electron chi connectivity index (χ2n) is 9.31. The van der Waals surface area contributed by atoms with Crippen LogP contribution in [0.3, 0.4) is 0 Å². The molecule has 1 saturated heterocycles. The molecule has 4 heterocycles. The van der Waals surface area contributed by atoms with Gasteiger partial charge in [-0.1, -0.05) is 0 Å². The van der Waals surface area contributed by atoms with E-state index in [4.69, 9.17) is 4.74 Å². The van der Waals surface area contributed by atoms with Crippen molar-refractivity contribution in [3.8, 4) is 5.88 Å². The average molecular weight is 469 g/mol. The van der Waals surface area contributed by atoms with Crippen molar-refractivity contribution in [2.75, 3.05) is 25.1 Å². The Morgan fingerprint density at radius 2 is 2.09 bits per heavy atom. The Labute approximate surface area is 194 Å². The first-order valence-electron chi connectivity index (χ1n) is 11.3. The highest BCUT2D eigenvalue weighted by Crippen LogP contribution is 2.59. The van der Waals surface area contributed by atoms with Gasteiger partial charge in [-0.2, -0.15) is 10.1 Å². The van der Waals surface area contributed by atoms with Crippen LogP contribution in [0.15, 0.2) is 30.9 Å². The summed E-state index contributed by atoms with van der Waals surface area (Å²) in [6, 6.07) is 3.59. The Bertz CT molecular complexity index is 1260. The van der Waals surface area contributed by atoms with E-state index in [1.165, 1.54) is 13.3 Å². The molecule has 2 unspecified atom stereocenters. The topological polar surface area (TPSA) is 90.1 Å². The number of halogens is 2. The van der Waals surface area contributed by atoms with Crippen LogP contribution in [-0.4, -0.2) is 56.3 Å². The number of aromatic nitrogens is 5. The van der Waals surface area contributed by atoms with Crippen molar-refractivity contribution >= 4 is 11.7 Å². The summed E-state index contributed by atoms with van der Waals surface area (Å²) in [4.78, 5) is 23.6. The fraction of sp³-hybridized carbons (Fsp3) is 0.478. The number of piperidine rings is 1. The van der Waals surface area contributed by atoms with Crippen LogP contribution in [0.2, 0.25) is 0 Å². The molecule has 3 aliphatic rings. The Kier molecular flexibility index (Phi) is 4.65. The zero-order chi connectivity index (χ0) is 23.6. The SMILES string of the molecule is COc1nc(N2CC3C(C2)C3(F)F)ccc1Cn1cc(C(=O)N[C@@H]2CCc3c2ncn3C)cn1. The molecule has 1 saturated carbocycles. The summed E-state index contributed by atoms with van der Waals surface area (Å²) in [5.41, 5.74) is 3.33. The molecule has 0 bridgehead atoms. The minimum absolute atomic E-state index is 0.0968. The lowest BCUT2D eigenvalue weighted by molar-refractivity contribution is 0.0796. The molecule has 1 aliphatic heterocycles. The van der Waals surface area contributed by atoms with Crippen LogP contribution in [0.1, 0.15) is 39.8 Å². The zero-order valence-corrected chi connectivity index (χ0v) is 18.9. The van der Waals surface area contributed by atoms with E-state index in [9.17, 15) is 13.6 Å². The number of imidazole rings is 1. The molecule has 0 aromatic carbocycles. The molecule has 3 atom stereocenters. The van der Waals surface area contributed by atoms with Gasteiger partial charge in [-0.05, 0) is 25.0 Å². The molecule has 0 radical (unpaired) electrons. The van der Waals surface area contributed by atoms with E-state index < -0.39 is 17.8 Å². The number of fused-ring (bicyclic) bond motifs is 2. The van der Waals surface area contributed by atoms with Gasteiger partial charge in [-0.15, -0.1) is 0 Å². The minimum atomic E-state index is -2.53. The first-order valence-corrected chi connectivity index (χ1v) is 11.3. The second kappa shape index (κ2) is 7.51. The number of amides is 1. The fourth-order valence-corrected chi connectivity index (χ4v) is 5.24. The Morgan fingerprint density at radius 1 is 1.29 bits per heavy atom. The minimum Gasteiger partial charge on any atom is -0.481 e. The van der Waals surface area contributed by atoms with Crippen LogP contribution in [0.4, 0.5) is 14.6 Å².